The van der Waals surface area contributed by atoms with Crippen molar-refractivity contribution in [1.29, 1.82) is 0 Å². The standard InChI is InChI=1S/C18H13F2NO2/c1-10-8-11(2-7-15(10)20)9-14-17(22)16(21-18(14)23)12-3-5-13(19)6-4-12/h2-8,22H,9H2,1H3. The fourth-order valence-electron chi connectivity index (χ4n) is 2.46. The van der Waals surface area contributed by atoms with E-state index in [0.717, 1.165) is 0 Å². The van der Waals surface area contributed by atoms with E-state index < -0.39 is 11.7 Å². The molecule has 23 heavy (non-hydrogen) atoms. The summed E-state index contributed by atoms with van der Waals surface area (Å²) >= 11 is 0. The molecule has 116 valence electrons. The third kappa shape index (κ3) is 2.90. The number of allylic oxidation sites excluding steroid dienone is 1. The van der Waals surface area contributed by atoms with Crippen LogP contribution in [0.5, 0.6) is 0 Å². The lowest BCUT2D eigenvalue weighted by atomic mass is 10.0. The minimum Gasteiger partial charge on any atom is -0.505 e. The fraction of sp³-hybridized carbons (Fsp3) is 0.111. The summed E-state index contributed by atoms with van der Waals surface area (Å²) in [7, 11) is 0. The zero-order chi connectivity index (χ0) is 16.6. The van der Waals surface area contributed by atoms with Crippen LogP contribution in [0.1, 0.15) is 16.7 Å². The third-order valence-corrected chi connectivity index (χ3v) is 3.70. The van der Waals surface area contributed by atoms with Gasteiger partial charge in [0.05, 0.1) is 5.57 Å². The van der Waals surface area contributed by atoms with Crippen molar-refractivity contribution in [2.24, 2.45) is 4.99 Å². The molecule has 3 nitrogen and oxygen atoms in total. The first-order chi connectivity index (χ1) is 11.0. The number of carbonyl (C=O) groups is 1. The summed E-state index contributed by atoms with van der Waals surface area (Å²) in [6.07, 6.45) is 0.153. The Hall–Kier alpha value is -2.82. The molecule has 1 N–H and O–H groups in total. The van der Waals surface area contributed by atoms with Gasteiger partial charge in [0.2, 0.25) is 0 Å². The van der Waals surface area contributed by atoms with Crippen LogP contribution in [-0.4, -0.2) is 16.7 Å². The monoisotopic (exact) mass is 313 g/mol. The van der Waals surface area contributed by atoms with Gasteiger partial charge < -0.3 is 5.11 Å². The van der Waals surface area contributed by atoms with Crippen molar-refractivity contribution < 1.29 is 18.7 Å². The van der Waals surface area contributed by atoms with E-state index in [-0.39, 0.29) is 29.3 Å². The minimum absolute atomic E-state index is 0.129. The molecule has 1 aliphatic rings. The summed E-state index contributed by atoms with van der Waals surface area (Å²) in [4.78, 5) is 15.9. The van der Waals surface area contributed by atoms with Crippen LogP contribution in [0.25, 0.3) is 0 Å². The fourth-order valence-corrected chi connectivity index (χ4v) is 2.46. The minimum atomic E-state index is -0.538. The second-order valence-corrected chi connectivity index (χ2v) is 5.36. The van der Waals surface area contributed by atoms with Crippen molar-refractivity contribution in [3.8, 4) is 0 Å². The molecule has 5 heteroatoms. The number of aryl methyl sites for hydroxylation is 1. The van der Waals surface area contributed by atoms with Crippen molar-refractivity contribution in [2.45, 2.75) is 13.3 Å². The zero-order valence-electron chi connectivity index (χ0n) is 12.3. The Labute approximate surface area is 131 Å². The van der Waals surface area contributed by atoms with Crippen LogP contribution in [0.2, 0.25) is 0 Å². The summed E-state index contributed by atoms with van der Waals surface area (Å²) in [5, 5.41) is 10.3. The number of aliphatic hydroxyl groups is 1. The molecular weight excluding hydrogens is 300 g/mol. The molecule has 0 aliphatic carbocycles. The molecule has 0 spiro atoms. The number of hydrogen-bond donors (Lipinski definition) is 1. The van der Waals surface area contributed by atoms with Crippen molar-refractivity contribution in [3.63, 3.8) is 0 Å². The molecule has 0 saturated carbocycles. The van der Waals surface area contributed by atoms with Crippen molar-refractivity contribution >= 4 is 11.6 Å². The lowest BCUT2D eigenvalue weighted by Gasteiger charge is -2.05. The van der Waals surface area contributed by atoms with Gasteiger partial charge in [-0.1, -0.05) is 12.1 Å². The molecule has 0 atom stereocenters. The van der Waals surface area contributed by atoms with Crippen LogP contribution in [0.4, 0.5) is 8.78 Å². The molecule has 0 unspecified atom stereocenters. The Bertz CT molecular complexity index is 852. The number of benzene rings is 2. The summed E-state index contributed by atoms with van der Waals surface area (Å²) in [6.45, 7) is 1.63. The summed E-state index contributed by atoms with van der Waals surface area (Å²) in [6, 6.07) is 9.87. The van der Waals surface area contributed by atoms with Crippen LogP contribution in [-0.2, 0) is 11.2 Å². The average Bonchev–Trinajstić information content (AvgIpc) is 2.80. The van der Waals surface area contributed by atoms with Gasteiger partial charge in [-0.2, -0.15) is 0 Å². The summed E-state index contributed by atoms with van der Waals surface area (Å²) < 4.78 is 26.3. The second kappa shape index (κ2) is 5.76. The maximum Gasteiger partial charge on any atom is 0.277 e. The Morgan fingerprint density at radius 3 is 2.43 bits per heavy atom. The van der Waals surface area contributed by atoms with Crippen LogP contribution >= 0.6 is 0 Å². The maximum absolute atomic E-state index is 13.3. The summed E-state index contributed by atoms with van der Waals surface area (Å²) in [5.74, 6) is -1.50. The highest BCUT2D eigenvalue weighted by Crippen LogP contribution is 2.24. The van der Waals surface area contributed by atoms with E-state index in [2.05, 4.69) is 4.99 Å². The highest BCUT2D eigenvalue weighted by Gasteiger charge is 2.27. The first-order valence-electron chi connectivity index (χ1n) is 7.02. The van der Waals surface area contributed by atoms with Crippen LogP contribution < -0.4 is 0 Å². The predicted molar refractivity (Wildman–Crippen MR) is 82.4 cm³/mol. The highest BCUT2D eigenvalue weighted by molar-refractivity contribution is 6.24. The number of aliphatic hydroxyl groups excluding tert-OH is 1. The highest BCUT2D eigenvalue weighted by atomic mass is 19.1. The number of hydrogen-bond acceptors (Lipinski definition) is 2. The Morgan fingerprint density at radius 1 is 1.09 bits per heavy atom. The van der Waals surface area contributed by atoms with Gasteiger partial charge in [-0.3, -0.25) is 4.79 Å². The number of amides is 1. The van der Waals surface area contributed by atoms with Gasteiger partial charge in [0.25, 0.3) is 5.91 Å². The van der Waals surface area contributed by atoms with Gasteiger partial charge in [-0.05, 0) is 48.4 Å². The van der Waals surface area contributed by atoms with Gasteiger partial charge in [0.1, 0.15) is 17.3 Å². The molecule has 0 fully saturated rings. The van der Waals surface area contributed by atoms with Crippen LogP contribution in [0.15, 0.2) is 58.8 Å². The number of rotatable bonds is 3. The summed E-state index contributed by atoms with van der Waals surface area (Å²) in [5.41, 5.74) is 1.91. The predicted octanol–water partition coefficient (Wildman–Crippen LogP) is 3.66. The van der Waals surface area contributed by atoms with E-state index in [9.17, 15) is 18.7 Å². The van der Waals surface area contributed by atoms with Gasteiger partial charge in [0.15, 0.2) is 5.76 Å². The maximum atomic E-state index is 13.3. The first-order valence-corrected chi connectivity index (χ1v) is 7.02. The smallest absolute Gasteiger partial charge is 0.277 e. The topological polar surface area (TPSA) is 49.7 Å². The number of halogens is 2. The molecule has 0 saturated heterocycles. The SMILES string of the molecule is Cc1cc(CC2=C(O)C(c3ccc(F)cc3)=NC2=O)ccc1F. The van der Waals surface area contributed by atoms with E-state index in [0.29, 0.717) is 16.7 Å². The number of carbonyl (C=O) groups excluding carboxylic acids is 1. The number of nitrogens with zero attached hydrogens (tertiary/aromatic N) is 1. The molecule has 1 aliphatic heterocycles. The first kappa shape index (κ1) is 15.1. The van der Waals surface area contributed by atoms with Crippen molar-refractivity contribution in [3.05, 3.63) is 82.1 Å². The molecule has 0 aromatic heterocycles. The average molecular weight is 313 g/mol. The van der Waals surface area contributed by atoms with Crippen molar-refractivity contribution in [2.75, 3.05) is 0 Å². The Kier molecular flexibility index (Phi) is 3.78. The van der Waals surface area contributed by atoms with E-state index in [1.54, 1.807) is 19.1 Å². The van der Waals surface area contributed by atoms with Crippen LogP contribution in [0, 0.1) is 18.6 Å². The Morgan fingerprint density at radius 2 is 1.78 bits per heavy atom. The third-order valence-electron chi connectivity index (χ3n) is 3.70. The zero-order valence-corrected chi connectivity index (χ0v) is 12.3. The quantitative estimate of drug-likeness (QED) is 0.940. The van der Waals surface area contributed by atoms with Crippen LogP contribution in [0.3, 0.4) is 0 Å². The van der Waals surface area contributed by atoms with Gasteiger partial charge in [0, 0.05) is 12.0 Å². The van der Waals surface area contributed by atoms with E-state index in [1.165, 1.54) is 30.3 Å². The van der Waals surface area contributed by atoms with Gasteiger partial charge in [-0.25, -0.2) is 13.8 Å². The molecular formula is C18H13F2NO2. The Balaban J connectivity index is 1.92. The molecule has 2 aromatic rings. The molecule has 1 amide bonds. The lowest BCUT2D eigenvalue weighted by Crippen LogP contribution is -2.04. The largest absolute Gasteiger partial charge is 0.505 e. The van der Waals surface area contributed by atoms with E-state index in [4.69, 9.17) is 0 Å². The number of aliphatic imine (C=N–C) groups is 1. The molecule has 1 heterocycles. The molecule has 3 rings (SSSR count). The van der Waals surface area contributed by atoms with E-state index in [1.807, 2.05) is 0 Å². The lowest BCUT2D eigenvalue weighted by molar-refractivity contribution is -0.114. The second-order valence-electron chi connectivity index (χ2n) is 5.36. The van der Waals surface area contributed by atoms with E-state index >= 15 is 0 Å². The van der Waals surface area contributed by atoms with Gasteiger partial charge in [-0.15, -0.1) is 0 Å². The molecule has 0 radical (unpaired) electrons. The molecule has 0 bridgehead atoms. The molecule has 2 aromatic carbocycles. The normalized spacial score (nSPS) is 14.4. The van der Waals surface area contributed by atoms with Gasteiger partial charge >= 0.3 is 0 Å². The van der Waals surface area contributed by atoms with Crippen molar-refractivity contribution in [1.82, 2.24) is 0 Å².